The van der Waals surface area contributed by atoms with E-state index in [1.54, 1.807) is 13.0 Å². The lowest BCUT2D eigenvalue weighted by Crippen LogP contribution is -2.28. The molecule has 6 rings (SSSR count). The van der Waals surface area contributed by atoms with Gasteiger partial charge in [0.15, 0.2) is 11.4 Å². The van der Waals surface area contributed by atoms with Gasteiger partial charge in [0.05, 0.1) is 43.7 Å². The summed E-state index contributed by atoms with van der Waals surface area (Å²) in [5, 5.41) is 16.0. The average molecular weight is 887 g/mol. The van der Waals surface area contributed by atoms with Crippen LogP contribution in [0.15, 0.2) is 107 Å². The number of hydrogen-bond acceptors (Lipinski definition) is 18. The summed E-state index contributed by atoms with van der Waals surface area (Å²) in [6, 6.07) is 13.5. The Morgan fingerprint density at radius 2 is 0.966 bits per heavy atom. The lowest BCUT2D eigenvalue weighted by molar-refractivity contribution is 0.105. The van der Waals surface area contributed by atoms with E-state index >= 15 is 0 Å². The minimum absolute atomic E-state index is 0.213. The van der Waals surface area contributed by atoms with E-state index in [-0.39, 0.29) is 33.6 Å². The SMILES string of the molecule is Cc1cc(N=Nc2ccc(N/N=C3\C(=O)c4c(N)cc(S(=O)(=O)O)cc4C=C3S(=O)(=O)O)cc2)ccc1N/N=C1\C(=O)c2c(N)cc(S(=O)(=O)O)cc2C=C1S(=O)(=O)O. The zero-order valence-electron chi connectivity index (χ0n) is 29.5. The minimum Gasteiger partial charge on any atom is -0.398 e. The molecule has 4 aromatic rings. The molecule has 4 aromatic carbocycles. The molecule has 0 aliphatic heterocycles. The van der Waals surface area contributed by atoms with Crippen molar-refractivity contribution in [2.45, 2.75) is 16.7 Å². The molecule has 0 spiro atoms. The van der Waals surface area contributed by atoms with E-state index in [1.807, 2.05) is 0 Å². The standard InChI is InChI=1S/C33H26N8O14S4/c1-15-8-20(6-7-25(15)39-41-31-27(59(53,54)55)12-17-10-22(57(47,48)49)14-24(35)29(17)33(31)43)38-36-18-2-4-19(5-3-18)37-40-30-26(58(50,51)52)11-16-9-21(56(44,45)46)13-23(34)28(16)32(30)42/h2-14,37,39H,34-35H2,1H3,(H,44,45,46)(H,47,48,49)(H,50,51,52)(H,53,54,55)/b38-36?,40-30-,41-31-. The number of aryl methyl sites for hydroxylation is 1. The fraction of sp³-hybridized carbons (Fsp3) is 0.0303. The number of hydrazone groups is 2. The number of nitrogen functional groups attached to an aromatic ring is 2. The number of anilines is 4. The highest BCUT2D eigenvalue weighted by atomic mass is 32.2. The van der Waals surface area contributed by atoms with Crippen LogP contribution < -0.4 is 22.3 Å². The molecule has 306 valence electrons. The topological polar surface area (TPSA) is 377 Å². The number of ketones is 2. The Kier molecular flexibility index (Phi) is 10.7. The van der Waals surface area contributed by atoms with Gasteiger partial charge in [0, 0.05) is 11.4 Å². The molecule has 22 nitrogen and oxygen atoms in total. The van der Waals surface area contributed by atoms with Crippen LogP contribution in [0.2, 0.25) is 0 Å². The summed E-state index contributed by atoms with van der Waals surface area (Å²) in [5.41, 5.74) is 14.7. The number of Topliss-reactive ketones (excluding diaryl/α,β-unsaturated/α-hetero) is 2. The molecular formula is C33H26N8O14S4. The highest BCUT2D eigenvalue weighted by molar-refractivity contribution is 7.91. The number of hydrogen-bond donors (Lipinski definition) is 8. The molecule has 0 unspecified atom stereocenters. The highest BCUT2D eigenvalue weighted by Crippen LogP contribution is 2.34. The lowest BCUT2D eigenvalue weighted by Gasteiger charge is -2.18. The van der Waals surface area contributed by atoms with Crippen molar-refractivity contribution in [2.24, 2.45) is 20.4 Å². The Labute approximate surface area is 333 Å². The smallest absolute Gasteiger partial charge is 0.296 e. The quantitative estimate of drug-likeness (QED) is 0.0485. The molecule has 0 fully saturated rings. The predicted molar refractivity (Wildman–Crippen MR) is 213 cm³/mol. The number of azo groups is 1. The van der Waals surface area contributed by atoms with Gasteiger partial charge in [-0.3, -0.25) is 38.7 Å². The maximum absolute atomic E-state index is 13.3. The normalized spacial score (nSPS) is 16.2. The Morgan fingerprint density at radius 1 is 0.542 bits per heavy atom. The van der Waals surface area contributed by atoms with Gasteiger partial charge in [-0.25, -0.2) is 0 Å². The molecule has 0 amide bonds. The van der Waals surface area contributed by atoms with E-state index in [2.05, 4.69) is 31.3 Å². The van der Waals surface area contributed by atoms with Crippen LogP contribution in [-0.4, -0.2) is 74.9 Å². The van der Waals surface area contributed by atoms with Crippen LogP contribution in [0, 0.1) is 6.92 Å². The number of benzene rings is 4. The number of allylic oxidation sites excluding steroid dienone is 2. The first-order chi connectivity index (χ1) is 27.3. The number of rotatable bonds is 10. The van der Waals surface area contributed by atoms with Gasteiger partial charge >= 0.3 is 0 Å². The first-order valence-electron chi connectivity index (χ1n) is 15.9. The predicted octanol–water partition coefficient (Wildman–Crippen LogP) is 3.85. The fourth-order valence-corrected chi connectivity index (χ4v) is 8.06. The molecule has 0 saturated heterocycles. The molecule has 26 heteroatoms. The molecule has 2 aliphatic rings. The van der Waals surface area contributed by atoms with E-state index < -0.39 is 94.4 Å². The van der Waals surface area contributed by atoms with Crippen LogP contribution in [0.4, 0.5) is 34.1 Å². The molecule has 0 aromatic heterocycles. The van der Waals surface area contributed by atoms with E-state index in [9.17, 15) is 61.5 Å². The molecule has 0 radical (unpaired) electrons. The first-order valence-corrected chi connectivity index (χ1v) is 21.7. The van der Waals surface area contributed by atoms with Crippen molar-refractivity contribution < 1.29 is 61.5 Å². The van der Waals surface area contributed by atoms with Crippen molar-refractivity contribution in [3.05, 3.63) is 104 Å². The van der Waals surface area contributed by atoms with Crippen molar-refractivity contribution in [3.8, 4) is 0 Å². The summed E-state index contributed by atoms with van der Waals surface area (Å²) in [5.74, 6) is -2.15. The summed E-state index contributed by atoms with van der Waals surface area (Å²) in [4.78, 5) is 23.2. The Bertz CT molecular complexity index is 3160. The number of carbonyl (C=O) groups is 2. The number of carbonyl (C=O) groups excluding carboxylic acids is 2. The molecule has 10 N–H and O–H groups in total. The maximum atomic E-state index is 13.3. The van der Waals surface area contributed by atoms with Crippen LogP contribution in [0.5, 0.6) is 0 Å². The summed E-state index contributed by atoms with van der Waals surface area (Å²) in [6.07, 6.45) is 1.56. The summed E-state index contributed by atoms with van der Waals surface area (Å²) in [7, 11) is -19.8. The van der Waals surface area contributed by atoms with E-state index in [1.165, 1.54) is 36.4 Å². The van der Waals surface area contributed by atoms with Crippen molar-refractivity contribution in [3.63, 3.8) is 0 Å². The average Bonchev–Trinajstić information content (AvgIpc) is 3.12. The van der Waals surface area contributed by atoms with Gasteiger partial charge < -0.3 is 11.5 Å². The highest BCUT2D eigenvalue weighted by Gasteiger charge is 2.36. The molecule has 59 heavy (non-hydrogen) atoms. The second-order valence-electron chi connectivity index (χ2n) is 12.4. The molecule has 0 heterocycles. The van der Waals surface area contributed by atoms with E-state index in [4.69, 9.17) is 11.5 Å². The van der Waals surface area contributed by atoms with E-state index in [0.29, 0.717) is 16.9 Å². The molecule has 2 aliphatic carbocycles. The number of nitrogens with zero attached hydrogens (tertiary/aromatic N) is 4. The minimum atomic E-state index is -5.10. The molecule has 0 saturated carbocycles. The van der Waals surface area contributed by atoms with Gasteiger partial charge in [0.25, 0.3) is 40.5 Å². The Balaban J connectivity index is 1.19. The number of nitrogens with one attached hydrogen (secondary N) is 2. The molecular weight excluding hydrogens is 861 g/mol. The summed E-state index contributed by atoms with van der Waals surface area (Å²) in [6.45, 7) is 1.61. The second kappa shape index (κ2) is 15.0. The number of fused-ring (bicyclic) bond motifs is 2. The monoisotopic (exact) mass is 886 g/mol. The van der Waals surface area contributed by atoms with Gasteiger partial charge in [-0.1, -0.05) is 0 Å². The van der Waals surface area contributed by atoms with Crippen LogP contribution >= 0.6 is 0 Å². The zero-order valence-corrected chi connectivity index (χ0v) is 32.7. The van der Waals surface area contributed by atoms with E-state index in [0.717, 1.165) is 36.4 Å². The van der Waals surface area contributed by atoms with Crippen molar-refractivity contribution >= 4 is 110 Å². The van der Waals surface area contributed by atoms with Crippen molar-refractivity contribution in [1.82, 2.24) is 0 Å². The van der Waals surface area contributed by atoms with Gasteiger partial charge in [-0.15, -0.1) is 0 Å². The summed E-state index contributed by atoms with van der Waals surface area (Å²) >= 11 is 0. The molecule has 0 bridgehead atoms. The Morgan fingerprint density at radius 3 is 1.39 bits per heavy atom. The van der Waals surface area contributed by atoms with Crippen LogP contribution in [-0.2, 0) is 40.5 Å². The summed E-state index contributed by atoms with van der Waals surface area (Å²) < 4.78 is 134. The third-order valence-electron chi connectivity index (χ3n) is 8.36. The second-order valence-corrected chi connectivity index (χ2v) is 18.0. The Hall–Kier alpha value is -6.52. The van der Waals surface area contributed by atoms with Gasteiger partial charge in [-0.05, 0) is 102 Å². The molecule has 0 atom stereocenters. The van der Waals surface area contributed by atoms with Crippen LogP contribution in [0.1, 0.15) is 37.4 Å². The van der Waals surface area contributed by atoms with Gasteiger partial charge in [-0.2, -0.15) is 54.1 Å². The largest absolute Gasteiger partial charge is 0.398 e. The van der Waals surface area contributed by atoms with Crippen LogP contribution in [0.25, 0.3) is 12.2 Å². The van der Waals surface area contributed by atoms with Crippen molar-refractivity contribution in [1.29, 1.82) is 0 Å². The lowest BCUT2D eigenvalue weighted by atomic mass is 9.93. The van der Waals surface area contributed by atoms with Gasteiger partial charge in [0.1, 0.15) is 9.81 Å². The number of nitrogens with two attached hydrogens (primary N) is 2. The van der Waals surface area contributed by atoms with Crippen LogP contribution in [0.3, 0.4) is 0 Å². The third-order valence-corrected chi connectivity index (χ3v) is 11.8. The zero-order chi connectivity index (χ0) is 43.4. The first kappa shape index (κ1) is 42.1. The fourth-order valence-electron chi connectivity index (χ4n) is 5.64. The van der Waals surface area contributed by atoms with Gasteiger partial charge in [0.2, 0.25) is 11.6 Å². The maximum Gasteiger partial charge on any atom is 0.296 e. The van der Waals surface area contributed by atoms with Crippen molar-refractivity contribution in [2.75, 3.05) is 22.3 Å². The third kappa shape index (κ3) is 8.83.